The Morgan fingerprint density at radius 3 is 2.08 bits per heavy atom. The number of para-hydroxylation sites is 1. The Morgan fingerprint density at radius 1 is 0.722 bits per heavy atom. The topological polar surface area (TPSA) is 50.4 Å². The van der Waals surface area contributed by atoms with Crippen molar-refractivity contribution < 1.29 is 5.11 Å². The average molecular weight is 476 g/mol. The third kappa shape index (κ3) is 4.28. The Morgan fingerprint density at radius 2 is 1.42 bits per heavy atom. The number of phenols is 1. The van der Waals surface area contributed by atoms with Crippen molar-refractivity contribution in [3.8, 4) is 39.4 Å². The fraction of sp³-hybridized carbons (Fsp3) is 0.250. The second kappa shape index (κ2) is 8.63. The van der Waals surface area contributed by atoms with E-state index in [0.29, 0.717) is 0 Å². The van der Waals surface area contributed by atoms with Gasteiger partial charge in [-0.3, -0.25) is 4.98 Å². The van der Waals surface area contributed by atoms with E-state index in [4.69, 9.17) is 4.98 Å². The van der Waals surface area contributed by atoms with Gasteiger partial charge in [-0.25, -0.2) is 4.98 Å². The third-order valence-corrected chi connectivity index (χ3v) is 6.59. The molecule has 0 spiro atoms. The highest BCUT2D eigenvalue weighted by molar-refractivity contribution is 5.84. The van der Waals surface area contributed by atoms with Gasteiger partial charge in [-0.05, 0) is 65.1 Å². The van der Waals surface area contributed by atoms with Crippen LogP contribution in [0.25, 0.3) is 39.3 Å². The predicted octanol–water partition coefficient (Wildman–Crippen LogP) is 8.03. The molecule has 0 saturated carbocycles. The van der Waals surface area contributed by atoms with Crippen LogP contribution in [0.5, 0.6) is 5.75 Å². The highest BCUT2D eigenvalue weighted by Crippen LogP contribution is 2.40. The van der Waals surface area contributed by atoms with Crippen LogP contribution in [0, 0.1) is 0 Å². The van der Waals surface area contributed by atoms with E-state index in [-0.39, 0.29) is 16.6 Å². The Hall–Kier alpha value is -3.92. The van der Waals surface area contributed by atoms with Crippen molar-refractivity contribution in [3.63, 3.8) is 0 Å². The number of aromatic nitrogens is 3. The van der Waals surface area contributed by atoms with Crippen molar-refractivity contribution in [2.24, 2.45) is 0 Å². The summed E-state index contributed by atoms with van der Waals surface area (Å²) in [6.45, 7) is 13.3. The van der Waals surface area contributed by atoms with Crippen LogP contribution in [0.15, 0.2) is 85.2 Å². The minimum Gasteiger partial charge on any atom is -0.507 e. The lowest BCUT2D eigenvalue weighted by atomic mass is 9.84. The molecular weight excluding hydrogens is 442 g/mol. The van der Waals surface area contributed by atoms with Gasteiger partial charge >= 0.3 is 0 Å². The Balaban J connectivity index is 1.82. The van der Waals surface area contributed by atoms with Gasteiger partial charge in [0.25, 0.3) is 0 Å². The second-order valence-corrected chi connectivity index (χ2v) is 11.5. The number of nitrogens with zero attached hydrogens (tertiary/aromatic N) is 3. The maximum atomic E-state index is 10.7. The van der Waals surface area contributed by atoms with Crippen molar-refractivity contribution in [2.45, 2.75) is 52.4 Å². The highest BCUT2D eigenvalue weighted by Gasteiger charge is 2.27. The van der Waals surface area contributed by atoms with Crippen LogP contribution in [0.2, 0.25) is 0 Å². The number of imidazole rings is 1. The van der Waals surface area contributed by atoms with Gasteiger partial charge in [-0.2, -0.15) is 0 Å². The predicted molar refractivity (Wildman–Crippen MR) is 148 cm³/mol. The van der Waals surface area contributed by atoms with E-state index in [1.165, 1.54) is 5.56 Å². The molecule has 4 heteroatoms. The molecule has 0 saturated heterocycles. The summed E-state index contributed by atoms with van der Waals surface area (Å²) in [7, 11) is 0. The third-order valence-electron chi connectivity index (χ3n) is 6.59. The molecule has 0 amide bonds. The van der Waals surface area contributed by atoms with E-state index < -0.39 is 0 Å². The van der Waals surface area contributed by atoms with E-state index >= 15 is 0 Å². The van der Waals surface area contributed by atoms with Gasteiger partial charge in [0, 0.05) is 34.5 Å². The summed E-state index contributed by atoms with van der Waals surface area (Å²) < 4.78 is 2.18. The first-order valence-corrected chi connectivity index (χ1v) is 12.4. The summed E-state index contributed by atoms with van der Waals surface area (Å²) in [4.78, 5) is 9.79. The van der Waals surface area contributed by atoms with Crippen molar-refractivity contribution in [1.29, 1.82) is 0 Å². The molecule has 0 aliphatic heterocycles. The molecule has 36 heavy (non-hydrogen) atoms. The number of fused-ring (bicyclic) bond motifs is 1. The highest BCUT2D eigenvalue weighted by atomic mass is 16.3. The monoisotopic (exact) mass is 475 g/mol. The number of benzene rings is 2. The van der Waals surface area contributed by atoms with E-state index in [0.717, 1.165) is 45.0 Å². The maximum absolute atomic E-state index is 10.7. The molecule has 3 aromatic heterocycles. The molecule has 3 heterocycles. The first kappa shape index (κ1) is 23.8. The normalized spacial score (nSPS) is 12.3. The summed E-state index contributed by atoms with van der Waals surface area (Å²) in [5, 5.41) is 10.7. The summed E-state index contributed by atoms with van der Waals surface area (Å²) in [5.74, 6) is 0.236. The zero-order valence-corrected chi connectivity index (χ0v) is 21.9. The van der Waals surface area contributed by atoms with Gasteiger partial charge in [-0.1, -0.05) is 65.8 Å². The van der Waals surface area contributed by atoms with Gasteiger partial charge in [0.2, 0.25) is 0 Å². The molecule has 0 unspecified atom stereocenters. The van der Waals surface area contributed by atoms with E-state index in [1.54, 1.807) is 6.07 Å². The zero-order chi connectivity index (χ0) is 25.7. The Bertz CT molecular complexity index is 1550. The molecule has 0 bridgehead atoms. The van der Waals surface area contributed by atoms with E-state index in [1.807, 2.05) is 36.5 Å². The Kier molecular flexibility index (Phi) is 5.71. The molecule has 4 nitrogen and oxygen atoms in total. The van der Waals surface area contributed by atoms with Crippen molar-refractivity contribution in [3.05, 3.63) is 96.4 Å². The first-order valence-electron chi connectivity index (χ1n) is 12.4. The van der Waals surface area contributed by atoms with Crippen LogP contribution >= 0.6 is 0 Å². The van der Waals surface area contributed by atoms with Crippen LogP contribution < -0.4 is 0 Å². The second-order valence-electron chi connectivity index (χ2n) is 11.5. The fourth-order valence-electron chi connectivity index (χ4n) is 4.77. The van der Waals surface area contributed by atoms with Crippen LogP contribution in [-0.2, 0) is 10.8 Å². The lowest BCUT2D eigenvalue weighted by Crippen LogP contribution is -2.15. The molecule has 0 aliphatic rings. The van der Waals surface area contributed by atoms with Crippen LogP contribution in [0.3, 0.4) is 0 Å². The lowest BCUT2D eigenvalue weighted by Gasteiger charge is -2.22. The van der Waals surface area contributed by atoms with Crippen molar-refractivity contribution >= 4 is 5.65 Å². The molecule has 0 aliphatic carbocycles. The van der Waals surface area contributed by atoms with Gasteiger partial charge in [-0.15, -0.1) is 0 Å². The van der Waals surface area contributed by atoms with Crippen LogP contribution in [0.1, 0.15) is 52.8 Å². The van der Waals surface area contributed by atoms with E-state index in [2.05, 4.69) is 93.5 Å². The van der Waals surface area contributed by atoms with Gasteiger partial charge in [0.15, 0.2) is 0 Å². The summed E-state index contributed by atoms with van der Waals surface area (Å²) >= 11 is 0. The maximum Gasteiger partial charge on any atom is 0.145 e. The molecule has 0 radical (unpaired) electrons. The van der Waals surface area contributed by atoms with E-state index in [9.17, 15) is 5.11 Å². The molecular formula is C32H33N3O. The average Bonchev–Trinajstić information content (AvgIpc) is 3.24. The smallest absolute Gasteiger partial charge is 0.145 e. The standard InChI is InChI=1S/C32H33N3O/c1-31(2,3)23-19-21(18-22(20-23)26-14-9-10-16-33-26)24-13-11-17-35-29(32(4,5)6)28(34-30(24)35)25-12-7-8-15-27(25)36/h7-20,36H,1-6H3. The minimum absolute atomic E-state index is 0.0302. The summed E-state index contributed by atoms with van der Waals surface area (Å²) in [5.41, 5.74) is 8.70. The van der Waals surface area contributed by atoms with Crippen molar-refractivity contribution in [2.75, 3.05) is 0 Å². The first-order chi connectivity index (χ1) is 17.0. The zero-order valence-electron chi connectivity index (χ0n) is 21.9. The molecule has 0 atom stereocenters. The molecule has 182 valence electrons. The van der Waals surface area contributed by atoms with Crippen molar-refractivity contribution in [1.82, 2.24) is 14.4 Å². The number of pyridine rings is 2. The minimum atomic E-state index is -0.192. The SMILES string of the molecule is CC(C)(C)c1cc(-c2ccccn2)cc(-c2cccn3c(C(C)(C)C)c(-c4ccccc4O)nc23)c1. The molecule has 2 aromatic carbocycles. The summed E-state index contributed by atoms with van der Waals surface area (Å²) in [6.07, 6.45) is 3.91. The molecule has 5 rings (SSSR count). The number of rotatable bonds is 3. The number of aromatic hydroxyl groups is 1. The van der Waals surface area contributed by atoms with Gasteiger partial charge in [0.1, 0.15) is 11.4 Å². The quantitative estimate of drug-likeness (QED) is 0.287. The van der Waals surface area contributed by atoms with Gasteiger partial charge in [0.05, 0.1) is 17.1 Å². The molecule has 1 N–H and O–H groups in total. The van der Waals surface area contributed by atoms with Crippen LogP contribution in [-0.4, -0.2) is 19.5 Å². The fourth-order valence-corrected chi connectivity index (χ4v) is 4.77. The number of hydrogen-bond acceptors (Lipinski definition) is 3. The van der Waals surface area contributed by atoms with Gasteiger partial charge < -0.3 is 9.51 Å². The Labute approximate surface area is 213 Å². The summed E-state index contributed by atoms with van der Waals surface area (Å²) in [6, 6.07) is 24.4. The number of hydrogen-bond donors (Lipinski definition) is 1. The molecule has 0 fully saturated rings. The lowest BCUT2D eigenvalue weighted by molar-refractivity contribution is 0.476. The number of phenolic OH excluding ortho intramolecular Hbond substituents is 1. The van der Waals surface area contributed by atoms with Crippen LogP contribution in [0.4, 0.5) is 0 Å². The molecule has 5 aromatic rings. The largest absolute Gasteiger partial charge is 0.507 e.